The van der Waals surface area contributed by atoms with Gasteiger partial charge in [0.25, 0.3) is 0 Å². The van der Waals surface area contributed by atoms with Crippen LogP contribution in [-0.4, -0.2) is 12.2 Å². The van der Waals surface area contributed by atoms with E-state index in [9.17, 15) is 5.26 Å². The molecule has 4 bridgehead atoms. The lowest BCUT2D eigenvalue weighted by molar-refractivity contribution is -0.0414. The summed E-state index contributed by atoms with van der Waals surface area (Å²) in [4.78, 5) is 0. The van der Waals surface area contributed by atoms with Crippen molar-refractivity contribution in [2.45, 2.75) is 38.7 Å². The molecule has 70 valence electrons. The van der Waals surface area contributed by atoms with Crippen LogP contribution in [0.4, 0.5) is 0 Å². The predicted octanol–water partition coefficient (Wildman–Crippen LogP) is 2.11. The van der Waals surface area contributed by atoms with E-state index in [1.165, 1.54) is 12.8 Å². The highest BCUT2D eigenvalue weighted by atomic mass is 16.5. The van der Waals surface area contributed by atoms with Crippen LogP contribution in [0.5, 0.6) is 0 Å². The van der Waals surface area contributed by atoms with Crippen LogP contribution in [0.15, 0.2) is 0 Å². The molecule has 0 aromatic carbocycles. The van der Waals surface area contributed by atoms with Crippen molar-refractivity contribution in [2.24, 2.45) is 16.7 Å². The van der Waals surface area contributed by atoms with Crippen molar-refractivity contribution in [1.82, 2.24) is 0 Å². The molecule has 2 saturated carbocycles. The second kappa shape index (κ2) is 1.79. The maximum absolute atomic E-state index is 9.27. The van der Waals surface area contributed by atoms with E-state index < -0.39 is 5.60 Å². The van der Waals surface area contributed by atoms with Crippen LogP contribution in [0.3, 0.4) is 0 Å². The molecule has 0 aromatic rings. The van der Waals surface area contributed by atoms with E-state index in [1.54, 1.807) is 0 Å². The third-order valence-corrected chi connectivity index (χ3v) is 5.38. The number of nitriles is 1. The fourth-order valence-corrected chi connectivity index (χ4v) is 4.05. The van der Waals surface area contributed by atoms with E-state index in [0.717, 1.165) is 18.9 Å². The molecule has 0 aromatic heterocycles. The molecule has 1 aliphatic heterocycles. The van der Waals surface area contributed by atoms with Gasteiger partial charge in [0.15, 0.2) is 5.60 Å². The Morgan fingerprint density at radius 1 is 1.46 bits per heavy atom. The zero-order valence-corrected chi connectivity index (χ0v) is 8.26. The molecule has 3 rings (SSSR count). The van der Waals surface area contributed by atoms with Crippen molar-refractivity contribution in [3.63, 3.8) is 0 Å². The van der Waals surface area contributed by atoms with E-state index in [2.05, 4.69) is 19.9 Å². The first kappa shape index (κ1) is 7.82. The molecule has 3 aliphatic rings. The maximum Gasteiger partial charge on any atom is 0.160 e. The minimum Gasteiger partial charge on any atom is -0.359 e. The van der Waals surface area contributed by atoms with Crippen LogP contribution in [-0.2, 0) is 4.74 Å². The lowest BCUT2D eigenvalue weighted by Gasteiger charge is -2.35. The van der Waals surface area contributed by atoms with E-state index >= 15 is 0 Å². The molecule has 3 fully saturated rings. The highest BCUT2D eigenvalue weighted by Crippen LogP contribution is 2.74. The van der Waals surface area contributed by atoms with Gasteiger partial charge in [-0.2, -0.15) is 5.26 Å². The molecule has 1 saturated heterocycles. The van der Waals surface area contributed by atoms with Crippen molar-refractivity contribution in [3.8, 4) is 6.07 Å². The summed E-state index contributed by atoms with van der Waals surface area (Å²) in [6.07, 6.45) is 3.47. The number of hydrogen-bond donors (Lipinski definition) is 0. The smallest absolute Gasteiger partial charge is 0.160 e. The van der Waals surface area contributed by atoms with Crippen LogP contribution in [0.1, 0.15) is 33.1 Å². The first-order valence-corrected chi connectivity index (χ1v) is 5.13. The van der Waals surface area contributed by atoms with Gasteiger partial charge in [-0.15, -0.1) is 0 Å². The Morgan fingerprint density at radius 2 is 2.23 bits per heavy atom. The molecule has 0 spiro atoms. The number of nitrogens with zero attached hydrogens (tertiary/aromatic N) is 1. The Kier molecular flexibility index (Phi) is 1.07. The van der Waals surface area contributed by atoms with Gasteiger partial charge in [0.1, 0.15) is 0 Å². The van der Waals surface area contributed by atoms with Gasteiger partial charge in [-0.05, 0) is 25.2 Å². The van der Waals surface area contributed by atoms with Crippen LogP contribution in [0.2, 0.25) is 0 Å². The summed E-state index contributed by atoms with van der Waals surface area (Å²) < 4.78 is 5.77. The summed E-state index contributed by atoms with van der Waals surface area (Å²) in [5, 5.41) is 9.27. The highest BCUT2D eigenvalue weighted by Gasteiger charge is 2.76. The van der Waals surface area contributed by atoms with Crippen LogP contribution in [0, 0.1) is 28.1 Å². The Labute approximate surface area is 78.9 Å². The van der Waals surface area contributed by atoms with E-state index in [4.69, 9.17) is 4.74 Å². The lowest BCUT2D eigenvalue weighted by atomic mass is 9.67. The Morgan fingerprint density at radius 3 is 2.69 bits per heavy atom. The van der Waals surface area contributed by atoms with E-state index in [0.29, 0.717) is 5.41 Å². The van der Waals surface area contributed by atoms with Crippen LogP contribution >= 0.6 is 0 Å². The van der Waals surface area contributed by atoms with Gasteiger partial charge in [0, 0.05) is 10.8 Å². The van der Waals surface area contributed by atoms with Gasteiger partial charge in [-0.25, -0.2) is 0 Å². The summed E-state index contributed by atoms with van der Waals surface area (Å²) in [5.74, 6) is 0.742. The van der Waals surface area contributed by atoms with Gasteiger partial charge in [-0.1, -0.05) is 13.8 Å². The van der Waals surface area contributed by atoms with Crippen molar-refractivity contribution in [2.75, 3.05) is 6.61 Å². The number of ether oxygens (including phenoxy) is 1. The second-order valence-electron chi connectivity index (χ2n) is 5.42. The quantitative estimate of drug-likeness (QED) is 0.567. The number of hydrogen-bond acceptors (Lipinski definition) is 2. The molecular weight excluding hydrogens is 162 g/mol. The van der Waals surface area contributed by atoms with Crippen LogP contribution in [0.25, 0.3) is 0 Å². The van der Waals surface area contributed by atoms with Crippen molar-refractivity contribution in [3.05, 3.63) is 0 Å². The van der Waals surface area contributed by atoms with Crippen molar-refractivity contribution >= 4 is 0 Å². The van der Waals surface area contributed by atoms with Gasteiger partial charge in [0.05, 0.1) is 12.7 Å². The normalized spacial score (nSPS) is 62.7. The van der Waals surface area contributed by atoms with Gasteiger partial charge in [0.2, 0.25) is 0 Å². The van der Waals surface area contributed by atoms with E-state index in [-0.39, 0.29) is 5.41 Å². The number of rotatable bonds is 0. The minimum atomic E-state index is -0.426. The third-order valence-electron chi connectivity index (χ3n) is 5.38. The summed E-state index contributed by atoms with van der Waals surface area (Å²) in [7, 11) is 0. The molecule has 13 heavy (non-hydrogen) atoms. The van der Waals surface area contributed by atoms with E-state index in [1.807, 2.05) is 0 Å². The predicted molar refractivity (Wildman–Crippen MR) is 47.9 cm³/mol. The molecule has 1 heterocycles. The van der Waals surface area contributed by atoms with Gasteiger partial charge in [-0.3, -0.25) is 0 Å². The second-order valence-corrected chi connectivity index (χ2v) is 5.42. The zero-order valence-electron chi connectivity index (χ0n) is 8.26. The SMILES string of the molecule is CC12COC3(C#N)CC1CCC32C. The molecule has 2 aliphatic carbocycles. The molecule has 2 nitrogen and oxygen atoms in total. The molecule has 4 atom stereocenters. The topological polar surface area (TPSA) is 33.0 Å². The van der Waals surface area contributed by atoms with Crippen molar-refractivity contribution < 1.29 is 4.74 Å². The summed E-state index contributed by atoms with van der Waals surface area (Å²) >= 11 is 0. The maximum atomic E-state index is 9.27. The Hall–Kier alpha value is -0.550. The first-order valence-electron chi connectivity index (χ1n) is 5.13. The molecule has 4 unspecified atom stereocenters. The molecule has 0 radical (unpaired) electrons. The summed E-state index contributed by atoms with van der Waals surface area (Å²) in [6, 6.07) is 2.44. The molecular formula is C11H15NO. The van der Waals surface area contributed by atoms with Gasteiger partial charge >= 0.3 is 0 Å². The lowest BCUT2D eigenvalue weighted by Crippen LogP contribution is -2.41. The molecule has 0 N–H and O–H groups in total. The standard InChI is InChI=1S/C11H15NO/c1-9-7-13-11(6-12)5-8(9)3-4-10(9,11)2/h8H,3-5,7H2,1-2H3. The summed E-state index contributed by atoms with van der Waals surface area (Å²) in [6.45, 7) is 5.38. The average Bonchev–Trinajstić information content (AvgIpc) is 2.58. The average molecular weight is 177 g/mol. The minimum absolute atomic E-state index is 0.138. The summed E-state index contributed by atoms with van der Waals surface area (Å²) in [5.41, 5.74) is 0.00676. The highest BCUT2D eigenvalue weighted by molar-refractivity contribution is 5.30. The Balaban J connectivity index is 2.21. The van der Waals surface area contributed by atoms with Gasteiger partial charge < -0.3 is 4.74 Å². The largest absolute Gasteiger partial charge is 0.359 e. The Bertz CT molecular complexity index is 321. The van der Waals surface area contributed by atoms with Crippen molar-refractivity contribution in [1.29, 1.82) is 5.26 Å². The first-order chi connectivity index (χ1) is 6.08. The monoisotopic (exact) mass is 177 g/mol. The molecule has 2 heteroatoms. The third kappa shape index (κ3) is 0.518. The molecule has 0 amide bonds. The zero-order chi connectivity index (χ0) is 9.32. The van der Waals surface area contributed by atoms with Crippen LogP contribution < -0.4 is 0 Å². The fraction of sp³-hybridized carbons (Fsp3) is 0.909. The fourth-order valence-electron chi connectivity index (χ4n) is 4.05.